The number of hydrogen-bond acceptors (Lipinski definition) is 6. The Kier molecular flexibility index (Phi) is 6.84. The number of nitrogens with zero attached hydrogens (tertiary/aromatic N) is 3. The van der Waals surface area contributed by atoms with Crippen molar-refractivity contribution in [3.63, 3.8) is 0 Å². The van der Waals surface area contributed by atoms with Gasteiger partial charge in [-0.25, -0.2) is 17.8 Å². The molecule has 3 aromatic rings. The van der Waals surface area contributed by atoms with Crippen LogP contribution in [-0.4, -0.2) is 56.6 Å². The van der Waals surface area contributed by atoms with E-state index in [1.54, 1.807) is 18.2 Å². The van der Waals surface area contributed by atoms with Gasteiger partial charge in [0.15, 0.2) is 15.0 Å². The monoisotopic (exact) mass is 449 g/mol. The normalized spacial score (nSPS) is 11.9. The highest BCUT2D eigenvalue weighted by Crippen LogP contribution is 2.33. The molecule has 3 rings (SSSR count). The van der Waals surface area contributed by atoms with Crippen molar-refractivity contribution in [3.05, 3.63) is 53.8 Å². The molecule has 9 heteroatoms. The molecule has 160 valence electrons. The summed E-state index contributed by atoms with van der Waals surface area (Å²) in [6.07, 6.45) is 1.14. The summed E-state index contributed by atoms with van der Waals surface area (Å²) in [5.41, 5.74) is 0.567. The summed E-state index contributed by atoms with van der Waals surface area (Å²) in [6, 6.07) is 10.5. The molecule has 1 heterocycles. The number of thiazole rings is 1. The van der Waals surface area contributed by atoms with Gasteiger partial charge in [0.25, 0.3) is 5.91 Å². The fraction of sp³-hybridized carbons (Fsp3) is 0.333. The number of hydrogen-bond donors (Lipinski definition) is 0. The van der Waals surface area contributed by atoms with Crippen molar-refractivity contribution in [2.24, 2.45) is 0 Å². The van der Waals surface area contributed by atoms with E-state index < -0.39 is 15.7 Å². The van der Waals surface area contributed by atoms with Crippen LogP contribution >= 0.6 is 11.3 Å². The summed E-state index contributed by atoms with van der Waals surface area (Å²) >= 11 is 1.25. The van der Waals surface area contributed by atoms with Crippen molar-refractivity contribution in [3.8, 4) is 0 Å². The Morgan fingerprint density at radius 2 is 1.80 bits per heavy atom. The first-order valence-electron chi connectivity index (χ1n) is 9.64. The van der Waals surface area contributed by atoms with Crippen LogP contribution in [0.15, 0.2) is 47.4 Å². The van der Waals surface area contributed by atoms with Crippen LogP contribution in [0.5, 0.6) is 0 Å². The largest absolute Gasteiger partial charge is 0.302 e. The third-order valence-corrected chi connectivity index (χ3v) is 7.02. The van der Waals surface area contributed by atoms with Gasteiger partial charge in [0.1, 0.15) is 11.3 Å². The Labute approximate surface area is 179 Å². The predicted octanol–water partition coefficient (Wildman–Crippen LogP) is 3.83. The summed E-state index contributed by atoms with van der Waals surface area (Å²) in [4.78, 5) is 21.5. The number of benzene rings is 2. The number of likely N-dealkylation sites (N-methyl/N-ethyl adjacent to an activating group) is 1. The fourth-order valence-corrected chi connectivity index (χ4v) is 5.08. The lowest BCUT2D eigenvalue weighted by Crippen LogP contribution is -2.38. The highest BCUT2D eigenvalue weighted by atomic mass is 32.2. The van der Waals surface area contributed by atoms with Crippen molar-refractivity contribution >= 4 is 42.4 Å². The summed E-state index contributed by atoms with van der Waals surface area (Å²) in [5, 5.41) is 0.391. The molecule has 30 heavy (non-hydrogen) atoms. The molecule has 0 saturated heterocycles. The number of carbonyl (C=O) groups excluding carboxylic acids is 1. The molecule has 0 atom stereocenters. The van der Waals surface area contributed by atoms with E-state index in [1.807, 2.05) is 13.8 Å². The van der Waals surface area contributed by atoms with Gasteiger partial charge in [-0.05, 0) is 43.4 Å². The number of carbonyl (C=O) groups is 1. The van der Waals surface area contributed by atoms with Crippen LogP contribution in [0.2, 0.25) is 0 Å². The maximum absolute atomic E-state index is 13.7. The second-order valence-corrected chi connectivity index (χ2v) is 9.86. The van der Waals surface area contributed by atoms with Crippen molar-refractivity contribution in [1.82, 2.24) is 9.88 Å². The molecule has 0 aliphatic carbocycles. The molecule has 0 bridgehead atoms. The third kappa shape index (κ3) is 4.85. The number of halogens is 1. The lowest BCUT2D eigenvalue weighted by Gasteiger charge is -2.24. The predicted molar refractivity (Wildman–Crippen MR) is 119 cm³/mol. The molecule has 0 saturated carbocycles. The molecule has 0 unspecified atom stereocenters. The average Bonchev–Trinajstić information content (AvgIpc) is 3.14. The summed E-state index contributed by atoms with van der Waals surface area (Å²) in [6.45, 7) is 6.71. The molecule has 2 aromatic carbocycles. The van der Waals surface area contributed by atoms with Gasteiger partial charge in [0.05, 0.1) is 9.60 Å². The average molecular weight is 450 g/mol. The van der Waals surface area contributed by atoms with E-state index in [0.29, 0.717) is 28.4 Å². The lowest BCUT2D eigenvalue weighted by molar-refractivity contribution is 0.0983. The Hall–Kier alpha value is -2.36. The molecular formula is C21H24FN3O3S2. The van der Waals surface area contributed by atoms with Crippen molar-refractivity contribution in [2.45, 2.75) is 18.7 Å². The Morgan fingerprint density at radius 1 is 1.10 bits per heavy atom. The number of fused-ring (bicyclic) bond motifs is 1. The Balaban J connectivity index is 2.06. The maximum Gasteiger partial charge on any atom is 0.260 e. The van der Waals surface area contributed by atoms with Crippen molar-refractivity contribution in [2.75, 3.05) is 37.3 Å². The molecular weight excluding hydrogens is 425 g/mol. The zero-order chi connectivity index (χ0) is 21.9. The van der Waals surface area contributed by atoms with Crippen molar-refractivity contribution in [1.29, 1.82) is 0 Å². The van der Waals surface area contributed by atoms with Gasteiger partial charge in [0, 0.05) is 24.9 Å². The van der Waals surface area contributed by atoms with Crippen LogP contribution in [-0.2, 0) is 9.84 Å². The summed E-state index contributed by atoms with van der Waals surface area (Å²) in [7, 11) is -3.47. The Bertz CT molecular complexity index is 1160. The van der Waals surface area contributed by atoms with Crippen LogP contribution in [0.4, 0.5) is 9.52 Å². The van der Waals surface area contributed by atoms with Gasteiger partial charge in [-0.2, -0.15) is 0 Å². The van der Waals surface area contributed by atoms with Gasteiger partial charge < -0.3 is 4.90 Å². The zero-order valence-electron chi connectivity index (χ0n) is 17.1. The van der Waals surface area contributed by atoms with Gasteiger partial charge in [-0.3, -0.25) is 9.69 Å². The first kappa shape index (κ1) is 22.3. The lowest BCUT2D eigenvalue weighted by atomic mass is 10.2. The summed E-state index contributed by atoms with van der Waals surface area (Å²) in [5.74, 6) is -0.866. The maximum atomic E-state index is 13.7. The van der Waals surface area contributed by atoms with E-state index in [9.17, 15) is 17.6 Å². The first-order valence-corrected chi connectivity index (χ1v) is 12.3. The molecule has 0 spiro atoms. The number of anilines is 1. The number of para-hydroxylation sites is 1. The summed E-state index contributed by atoms with van der Waals surface area (Å²) < 4.78 is 38.7. The molecule has 0 radical (unpaired) electrons. The van der Waals surface area contributed by atoms with E-state index in [1.165, 1.54) is 40.5 Å². The molecule has 1 amide bonds. The van der Waals surface area contributed by atoms with Crippen molar-refractivity contribution < 1.29 is 17.6 Å². The minimum Gasteiger partial charge on any atom is -0.302 e. The van der Waals surface area contributed by atoms with Crippen LogP contribution in [0, 0.1) is 5.82 Å². The van der Waals surface area contributed by atoms with Gasteiger partial charge in [-0.1, -0.05) is 37.3 Å². The second-order valence-electron chi connectivity index (χ2n) is 6.87. The van der Waals surface area contributed by atoms with Gasteiger partial charge in [0.2, 0.25) is 0 Å². The van der Waals surface area contributed by atoms with Crippen LogP contribution < -0.4 is 4.90 Å². The standard InChI is InChI=1S/C21H24FN3O3S2/c1-4-24(5-2)12-13-25(20(26)15-8-6-9-16(22)14-15)21-23-19-17(29-21)10-7-11-18(19)30(3,27)28/h6-11,14H,4-5,12-13H2,1-3H3. The molecule has 0 aliphatic heterocycles. The minimum atomic E-state index is -3.47. The minimum absolute atomic E-state index is 0.129. The van der Waals surface area contributed by atoms with E-state index in [4.69, 9.17) is 0 Å². The molecule has 0 aliphatic rings. The molecule has 0 fully saturated rings. The number of amides is 1. The fourth-order valence-electron chi connectivity index (χ4n) is 3.17. The van der Waals surface area contributed by atoms with Gasteiger partial charge in [-0.15, -0.1) is 0 Å². The van der Waals surface area contributed by atoms with E-state index in [0.717, 1.165) is 19.3 Å². The zero-order valence-corrected chi connectivity index (χ0v) is 18.8. The van der Waals surface area contributed by atoms with E-state index >= 15 is 0 Å². The molecule has 1 aromatic heterocycles. The van der Waals surface area contributed by atoms with E-state index in [2.05, 4.69) is 9.88 Å². The SMILES string of the molecule is CCN(CC)CCN(C(=O)c1cccc(F)c1)c1nc2c(S(C)(=O)=O)cccc2s1. The molecule has 6 nitrogen and oxygen atoms in total. The van der Waals surface area contributed by atoms with Crippen LogP contribution in [0.25, 0.3) is 10.2 Å². The topological polar surface area (TPSA) is 70.6 Å². The Morgan fingerprint density at radius 3 is 2.43 bits per heavy atom. The van der Waals surface area contributed by atoms with Gasteiger partial charge >= 0.3 is 0 Å². The third-order valence-electron chi connectivity index (χ3n) is 4.85. The highest BCUT2D eigenvalue weighted by Gasteiger charge is 2.24. The number of sulfone groups is 1. The smallest absolute Gasteiger partial charge is 0.260 e. The number of aromatic nitrogens is 1. The van der Waals surface area contributed by atoms with Crippen LogP contribution in [0.1, 0.15) is 24.2 Å². The quantitative estimate of drug-likeness (QED) is 0.523. The van der Waals surface area contributed by atoms with Crippen LogP contribution in [0.3, 0.4) is 0 Å². The highest BCUT2D eigenvalue weighted by molar-refractivity contribution is 7.91. The first-order chi connectivity index (χ1) is 14.2. The van der Waals surface area contributed by atoms with E-state index in [-0.39, 0.29) is 16.4 Å². The second kappa shape index (κ2) is 9.20. The number of rotatable bonds is 8. The molecule has 0 N–H and O–H groups in total.